The van der Waals surface area contributed by atoms with Crippen molar-refractivity contribution >= 4 is 24.3 Å². The van der Waals surface area contributed by atoms with Crippen molar-refractivity contribution in [3.8, 4) is 0 Å². The van der Waals surface area contributed by atoms with Gasteiger partial charge in [-0.15, -0.1) is 0 Å². The molecule has 1 atom stereocenters. The van der Waals surface area contributed by atoms with Gasteiger partial charge in [-0.1, -0.05) is 74.8 Å². The minimum Gasteiger partial charge on any atom is -0.459 e. The first kappa shape index (κ1) is 22.8. The molecule has 0 heterocycles. The first-order valence-corrected chi connectivity index (χ1v) is 10.7. The van der Waals surface area contributed by atoms with Crippen molar-refractivity contribution in [3.63, 3.8) is 0 Å². The molecule has 31 heavy (non-hydrogen) atoms. The maximum atomic E-state index is 12.9. The summed E-state index contributed by atoms with van der Waals surface area (Å²) in [6.45, 7) is 5.15. The lowest BCUT2D eigenvalue weighted by Gasteiger charge is -2.20. The third-order valence-electron chi connectivity index (χ3n) is 5.18. The maximum Gasteiger partial charge on any atom is 0.328 e. The van der Waals surface area contributed by atoms with Crippen LogP contribution in [0.1, 0.15) is 44.6 Å². The van der Waals surface area contributed by atoms with Gasteiger partial charge in [-0.05, 0) is 41.4 Å². The zero-order valence-corrected chi connectivity index (χ0v) is 18.3. The van der Waals surface area contributed by atoms with Crippen LogP contribution in [-0.2, 0) is 22.6 Å². The molecule has 0 spiro atoms. The summed E-state index contributed by atoms with van der Waals surface area (Å²) in [5.74, 6) is -0.601. The number of nitrogens with one attached hydrogen (secondary N) is 1. The number of hydrogen-bond acceptors (Lipinski definition) is 4. The van der Waals surface area contributed by atoms with Crippen molar-refractivity contribution in [2.24, 2.45) is 5.92 Å². The summed E-state index contributed by atoms with van der Waals surface area (Å²) < 4.78 is 5.46. The molecule has 3 rings (SSSR count). The predicted octanol–water partition coefficient (Wildman–Crippen LogP) is 3.57. The van der Waals surface area contributed by atoms with Crippen LogP contribution in [0.3, 0.4) is 0 Å². The number of rotatable bonds is 10. The van der Waals surface area contributed by atoms with Gasteiger partial charge in [-0.2, -0.15) is 0 Å². The zero-order chi connectivity index (χ0) is 22.4. The highest BCUT2D eigenvalue weighted by atomic mass is 16.5. The van der Waals surface area contributed by atoms with Gasteiger partial charge in [0.25, 0.3) is 5.91 Å². The molecule has 0 bridgehead atoms. The topological polar surface area (TPSA) is 75.6 Å². The average Bonchev–Trinajstić information content (AvgIpc) is 3.56. The summed E-state index contributed by atoms with van der Waals surface area (Å²) in [6.07, 6.45) is 5.28. The molecule has 0 saturated heterocycles. The van der Waals surface area contributed by atoms with E-state index in [1.807, 2.05) is 62.7 Å². The van der Waals surface area contributed by atoms with Crippen LogP contribution in [-0.4, -0.2) is 29.9 Å². The van der Waals surface area contributed by atoms with E-state index in [2.05, 4.69) is 5.32 Å². The minimum atomic E-state index is -0.739. The summed E-state index contributed by atoms with van der Waals surface area (Å²) in [6, 6.07) is 14.0. The highest BCUT2D eigenvalue weighted by Gasteiger charge is 2.25. The number of carbonyl (C=O) groups excluding carboxylic acids is 2. The van der Waals surface area contributed by atoms with Crippen LogP contribution in [0.5, 0.6) is 0 Å². The van der Waals surface area contributed by atoms with Crippen LogP contribution in [0, 0.1) is 12.3 Å². The van der Waals surface area contributed by atoms with E-state index in [4.69, 9.17) is 4.74 Å². The molecule has 6 heteroatoms. The molecule has 1 radical (unpaired) electrons. The first-order valence-electron chi connectivity index (χ1n) is 10.7. The summed E-state index contributed by atoms with van der Waals surface area (Å²) in [5.41, 5.74) is 4.24. The second kappa shape index (κ2) is 10.4. The SMILES string of the molecule is CB(O)c1cc(C(=O)N[C@@H](CC(C)C)C(=O)OCc2ccccc2)ccc1CC1=C[CH]1.[HH].[HH]. The van der Waals surface area contributed by atoms with Crippen molar-refractivity contribution in [1.82, 2.24) is 5.32 Å². The molecule has 2 aromatic carbocycles. The quantitative estimate of drug-likeness (QED) is 0.454. The fraction of sp³-hybridized carbons (Fsp3) is 0.320. The van der Waals surface area contributed by atoms with Gasteiger partial charge in [0.15, 0.2) is 0 Å². The third kappa shape index (κ3) is 6.83. The monoisotopic (exact) mass is 422 g/mol. The number of hydrogen-bond donors (Lipinski definition) is 2. The van der Waals surface area contributed by atoms with E-state index in [0.717, 1.165) is 23.0 Å². The molecular weight excluding hydrogens is 389 g/mol. The standard InChI is InChI=1S/C25H29BNO4.2H2/c1-17(2)13-23(25(29)31-16-19-7-5-4-6-8-19)27-24(28)21-12-11-20(14-18-9-10-18)22(15-21)26(3)30;;/h4-12,15,17,23,30H,13-14,16H2,1-3H3,(H,27,28);2*1H/t23-;;/m0../s1. The number of carbonyl (C=O) groups is 2. The number of esters is 1. The Bertz CT molecular complexity index is 964. The lowest BCUT2D eigenvalue weighted by molar-refractivity contribution is -0.147. The van der Waals surface area contributed by atoms with Gasteiger partial charge in [-0.3, -0.25) is 4.79 Å². The number of benzene rings is 2. The number of allylic oxidation sites excluding steroid dienone is 2. The summed E-state index contributed by atoms with van der Waals surface area (Å²) in [5, 5.41) is 13.0. The molecule has 0 saturated carbocycles. The van der Waals surface area contributed by atoms with E-state index in [0.29, 0.717) is 12.0 Å². The van der Waals surface area contributed by atoms with Crippen LogP contribution >= 0.6 is 0 Å². The van der Waals surface area contributed by atoms with Gasteiger partial charge in [0.05, 0.1) is 0 Å². The highest BCUT2D eigenvalue weighted by molar-refractivity contribution is 6.65. The van der Waals surface area contributed by atoms with E-state index in [1.54, 1.807) is 19.0 Å². The number of ether oxygens (including phenoxy) is 1. The van der Waals surface area contributed by atoms with Crippen molar-refractivity contribution in [3.05, 3.63) is 83.3 Å². The minimum absolute atomic E-state index is 0. The first-order chi connectivity index (χ1) is 14.8. The van der Waals surface area contributed by atoms with Crippen molar-refractivity contribution in [2.75, 3.05) is 0 Å². The Morgan fingerprint density at radius 1 is 1.16 bits per heavy atom. The van der Waals surface area contributed by atoms with E-state index >= 15 is 0 Å². The Balaban J connectivity index is 0.00000272. The van der Waals surface area contributed by atoms with E-state index in [1.165, 1.54) is 5.57 Å². The maximum absolute atomic E-state index is 12.9. The molecule has 0 unspecified atom stereocenters. The Morgan fingerprint density at radius 3 is 2.48 bits per heavy atom. The summed E-state index contributed by atoms with van der Waals surface area (Å²) in [4.78, 5) is 25.6. The summed E-state index contributed by atoms with van der Waals surface area (Å²) in [7, 11) is 0. The molecule has 5 nitrogen and oxygen atoms in total. The van der Waals surface area contributed by atoms with Crippen LogP contribution in [0.25, 0.3) is 0 Å². The predicted molar refractivity (Wildman–Crippen MR) is 127 cm³/mol. The van der Waals surface area contributed by atoms with Gasteiger partial charge >= 0.3 is 12.9 Å². The van der Waals surface area contributed by atoms with Crippen LogP contribution in [0.15, 0.2) is 60.2 Å². The number of amides is 1. The fourth-order valence-corrected chi connectivity index (χ4v) is 3.44. The summed E-state index contributed by atoms with van der Waals surface area (Å²) >= 11 is 0. The van der Waals surface area contributed by atoms with Crippen molar-refractivity contribution < 1.29 is 22.2 Å². The molecule has 2 aromatic rings. The molecule has 1 aliphatic rings. The van der Waals surface area contributed by atoms with Gasteiger partial charge in [0, 0.05) is 14.8 Å². The van der Waals surface area contributed by atoms with Crippen LogP contribution in [0.2, 0.25) is 6.82 Å². The molecule has 0 fully saturated rings. The van der Waals surface area contributed by atoms with Gasteiger partial charge in [0.1, 0.15) is 12.6 Å². The average molecular weight is 422 g/mol. The highest BCUT2D eigenvalue weighted by Crippen LogP contribution is 2.22. The second-order valence-electron chi connectivity index (χ2n) is 8.42. The second-order valence-corrected chi connectivity index (χ2v) is 8.42. The third-order valence-corrected chi connectivity index (χ3v) is 5.18. The van der Waals surface area contributed by atoms with E-state index < -0.39 is 18.9 Å². The normalized spacial score (nSPS) is 13.4. The van der Waals surface area contributed by atoms with E-state index in [-0.39, 0.29) is 21.3 Å². The Labute approximate surface area is 187 Å². The molecule has 165 valence electrons. The largest absolute Gasteiger partial charge is 0.459 e. The van der Waals surface area contributed by atoms with Crippen LogP contribution in [0.4, 0.5) is 0 Å². The Morgan fingerprint density at radius 2 is 1.87 bits per heavy atom. The molecular formula is C25H33BNO4. The lowest BCUT2D eigenvalue weighted by Crippen LogP contribution is -2.43. The van der Waals surface area contributed by atoms with Crippen molar-refractivity contribution in [2.45, 2.75) is 46.2 Å². The van der Waals surface area contributed by atoms with Gasteiger partial charge in [0.2, 0.25) is 0 Å². The Kier molecular flexibility index (Phi) is 7.69. The molecule has 2 N–H and O–H groups in total. The molecule has 0 aromatic heterocycles. The molecule has 0 aliphatic heterocycles. The van der Waals surface area contributed by atoms with Crippen molar-refractivity contribution in [1.29, 1.82) is 0 Å². The van der Waals surface area contributed by atoms with Gasteiger partial charge < -0.3 is 15.1 Å². The lowest BCUT2D eigenvalue weighted by atomic mass is 9.62. The molecule has 1 amide bonds. The fourth-order valence-electron chi connectivity index (χ4n) is 3.44. The smallest absolute Gasteiger partial charge is 0.328 e. The molecule has 1 aliphatic carbocycles. The van der Waals surface area contributed by atoms with Crippen LogP contribution < -0.4 is 10.8 Å². The van der Waals surface area contributed by atoms with E-state index in [9.17, 15) is 14.6 Å². The van der Waals surface area contributed by atoms with Gasteiger partial charge in [-0.25, -0.2) is 4.79 Å². The zero-order valence-electron chi connectivity index (χ0n) is 18.3. The Hall–Kier alpha value is -2.86.